The van der Waals surface area contributed by atoms with Gasteiger partial charge in [0.2, 0.25) is 11.0 Å². The topological polar surface area (TPSA) is 152 Å². The molecule has 0 atom stereocenters. The van der Waals surface area contributed by atoms with Crippen LogP contribution in [0.15, 0.2) is 60.0 Å². The van der Waals surface area contributed by atoms with E-state index in [1.807, 2.05) is 0 Å². The number of anilines is 1. The molecule has 2 aromatic heterocycles. The van der Waals surface area contributed by atoms with E-state index >= 15 is 0 Å². The Morgan fingerprint density at radius 3 is 2.67 bits per heavy atom. The van der Waals surface area contributed by atoms with Gasteiger partial charge in [0.05, 0.1) is 15.5 Å². The lowest BCUT2D eigenvalue weighted by molar-refractivity contribution is -0.384. The summed E-state index contributed by atoms with van der Waals surface area (Å²) in [6.07, 6.45) is 6.25. The van der Waals surface area contributed by atoms with Crippen LogP contribution in [-0.4, -0.2) is 32.4 Å². The van der Waals surface area contributed by atoms with Crippen LogP contribution in [0.1, 0.15) is 33.4 Å². The maximum atomic E-state index is 12.4. The first-order valence-corrected chi connectivity index (χ1v) is 10.4. The smallest absolute Gasteiger partial charge is 0.271 e. The maximum absolute atomic E-state index is 12.4. The molecule has 0 saturated carbocycles. The van der Waals surface area contributed by atoms with Crippen LogP contribution in [0, 0.1) is 17.0 Å². The van der Waals surface area contributed by atoms with Gasteiger partial charge in [0.15, 0.2) is 0 Å². The average molecular weight is 465 g/mol. The molecule has 0 bridgehead atoms. The molecule has 0 fully saturated rings. The van der Waals surface area contributed by atoms with Gasteiger partial charge in [-0.3, -0.25) is 35.5 Å². The third kappa shape index (κ3) is 6.51. The number of rotatable bonds is 8. The van der Waals surface area contributed by atoms with E-state index in [0.29, 0.717) is 32.5 Å². The predicted octanol–water partition coefficient (Wildman–Crippen LogP) is 3.07. The van der Waals surface area contributed by atoms with E-state index in [4.69, 9.17) is 0 Å². The van der Waals surface area contributed by atoms with E-state index in [-0.39, 0.29) is 11.6 Å². The minimum atomic E-state index is -0.478. The van der Waals surface area contributed by atoms with Crippen LogP contribution >= 0.6 is 11.3 Å². The third-order valence-corrected chi connectivity index (χ3v) is 5.21. The third-order valence-electron chi connectivity index (χ3n) is 4.11. The van der Waals surface area contributed by atoms with Crippen molar-refractivity contribution in [3.05, 3.63) is 86.7 Å². The Morgan fingerprint density at radius 2 is 1.97 bits per heavy atom. The SMILES string of the molecule is CC(=O)NNc1nc(C)c(C(/C=C/c2cccc([N+](=O)[O-])c2)=N\NC(=O)c2ccncc2)s1. The Kier molecular flexibility index (Phi) is 7.55. The lowest BCUT2D eigenvalue weighted by Gasteiger charge is -2.03. The van der Waals surface area contributed by atoms with E-state index in [0.717, 1.165) is 0 Å². The predicted molar refractivity (Wildman–Crippen MR) is 125 cm³/mol. The van der Waals surface area contributed by atoms with Gasteiger partial charge in [0, 0.05) is 37.0 Å². The Hall–Kier alpha value is -4.45. The number of nitrogens with one attached hydrogen (secondary N) is 3. The number of hydrazine groups is 1. The fraction of sp³-hybridized carbons (Fsp3) is 0.0952. The second kappa shape index (κ2) is 10.7. The fourth-order valence-corrected chi connectivity index (χ4v) is 3.48. The molecule has 0 aliphatic carbocycles. The summed E-state index contributed by atoms with van der Waals surface area (Å²) in [6, 6.07) is 9.21. The number of pyridine rings is 1. The summed E-state index contributed by atoms with van der Waals surface area (Å²) in [6.45, 7) is 3.11. The number of hydrogen-bond donors (Lipinski definition) is 3. The van der Waals surface area contributed by atoms with Crippen molar-refractivity contribution in [2.45, 2.75) is 13.8 Å². The van der Waals surface area contributed by atoms with Crippen LogP contribution in [-0.2, 0) is 4.79 Å². The van der Waals surface area contributed by atoms with E-state index in [9.17, 15) is 19.7 Å². The van der Waals surface area contributed by atoms with E-state index < -0.39 is 10.8 Å². The molecule has 33 heavy (non-hydrogen) atoms. The Balaban J connectivity index is 1.92. The average Bonchev–Trinajstić information content (AvgIpc) is 3.18. The molecule has 0 spiro atoms. The summed E-state index contributed by atoms with van der Waals surface area (Å²) < 4.78 is 0. The van der Waals surface area contributed by atoms with Crippen molar-refractivity contribution in [1.29, 1.82) is 0 Å². The van der Waals surface area contributed by atoms with Gasteiger partial charge in [-0.15, -0.1) is 0 Å². The van der Waals surface area contributed by atoms with Gasteiger partial charge in [-0.25, -0.2) is 10.4 Å². The molecule has 2 amide bonds. The molecule has 2 heterocycles. The summed E-state index contributed by atoms with van der Waals surface area (Å²) in [4.78, 5) is 43.0. The first-order chi connectivity index (χ1) is 15.8. The van der Waals surface area contributed by atoms with Gasteiger partial charge < -0.3 is 0 Å². The number of allylic oxidation sites excluding steroid dienone is 1. The normalized spacial score (nSPS) is 11.3. The zero-order valence-electron chi connectivity index (χ0n) is 17.6. The first-order valence-electron chi connectivity index (χ1n) is 9.54. The number of aromatic nitrogens is 2. The summed E-state index contributed by atoms with van der Waals surface area (Å²) in [5, 5.41) is 15.7. The van der Waals surface area contributed by atoms with E-state index in [1.54, 1.807) is 43.3 Å². The van der Waals surface area contributed by atoms with Gasteiger partial charge in [0.25, 0.3) is 11.6 Å². The van der Waals surface area contributed by atoms with Crippen LogP contribution < -0.4 is 16.3 Å². The largest absolute Gasteiger partial charge is 0.274 e. The number of nitrogens with zero attached hydrogens (tertiary/aromatic N) is 4. The zero-order valence-corrected chi connectivity index (χ0v) is 18.4. The molecule has 3 rings (SSSR count). The molecule has 0 aliphatic heterocycles. The molecule has 0 unspecified atom stereocenters. The second-order valence-corrected chi connectivity index (χ2v) is 7.60. The number of thiazole rings is 1. The number of hydrogen-bond acceptors (Lipinski definition) is 9. The number of amides is 2. The Labute approximate surface area is 192 Å². The van der Waals surface area contributed by atoms with Gasteiger partial charge in [-0.05, 0) is 30.7 Å². The minimum absolute atomic E-state index is 0.0441. The zero-order chi connectivity index (χ0) is 23.8. The molecule has 11 nitrogen and oxygen atoms in total. The number of benzene rings is 1. The number of carbonyl (C=O) groups is 2. The lowest BCUT2D eigenvalue weighted by Crippen LogP contribution is -2.26. The van der Waals surface area contributed by atoms with Crippen molar-refractivity contribution in [2.75, 3.05) is 5.43 Å². The highest BCUT2D eigenvalue weighted by Gasteiger charge is 2.14. The van der Waals surface area contributed by atoms with Gasteiger partial charge in [0.1, 0.15) is 5.71 Å². The summed E-state index contributed by atoms with van der Waals surface area (Å²) >= 11 is 1.21. The van der Waals surface area contributed by atoms with Gasteiger partial charge in [-0.1, -0.05) is 29.5 Å². The monoisotopic (exact) mass is 465 g/mol. The Morgan fingerprint density at radius 1 is 1.21 bits per heavy atom. The molecule has 3 aromatic rings. The highest BCUT2D eigenvalue weighted by atomic mass is 32.1. The van der Waals surface area contributed by atoms with Crippen LogP contribution in [0.5, 0.6) is 0 Å². The van der Waals surface area contributed by atoms with Crippen LogP contribution in [0.3, 0.4) is 0 Å². The van der Waals surface area contributed by atoms with E-state index in [2.05, 4.69) is 31.3 Å². The highest BCUT2D eigenvalue weighted by Crippen LogP contribution is 2.24. The maximum Gasteiger partial charge on any atom is 0.271 e. The number of non-ortho nitro benzene ring substituents is 1. The molecule has 12 heteroatoms. The quantitative estimate of drug-likeness (QED) is 0.263. The lowest BCUT2D eigenvalue weighted by atomic mass is 10.1. The number of hydrazone groups is 1. The summed E-state index contributed by atoms with van der Waals surface area (Å²) in [7, 11) is 0. The van der Waals surface area contributed by atoms with E-state index in [1.165, 1.54) is 42.8 Å². The first kappa shape index (κ1) is 23.2. The van der Waals surface area contributed by atoms with Crippen LogP contribution in [0.25, 0.3) is 6.08 Å². The molecular weight excluding hydrogens is 446 g/mol. The summed E-state index contributed by atoms with van der Waals surface area (Å²) in [5.74, 6) is -0.717. The standard InChI is InChI=1S/C21H19N7O4S/c1-13-19(33-21(23-13)27-24-14(2)29)18(25-26-20(30)16-8-10-22-11-9-16)7-6-15-4-3-5-17(12-15)28(31)32/h3-12H,1-2H3,(H,23,27)(H,24,29)(H,26,30)/b7-6+,25-18-. The number of carbonyl (C=O) groups excluding carboxylic acids is 2. The molecule has 1 aromatic carbocycles. The van der Waals surface area contributed by atoms with Crippen LogP contribution in [0.2, 0.25) is 0 Å². The fourth-order valence-electron chi connectivity index (χ4n) is 2.59. The van der Waals surface area contributed by atoms with Crippen molar-refractivity contribution in [2.24, 2.45) is 5.10 Å². The van der Waals surface area contributed by atoms with Crippen LogP contribution in [0.4, 0.5) is 10.8 Å². The second-order valence-electron chi connectivity index (χ2n) is 6.60. The van der Waals surface area contributed by atoms with Gasteiger partial charge in [-0.2, -0.15) is 5.10 Å². The van der Waals surface area contributed by atoms with Crippen molar-refractivity contribution in [1.82, 2.24) is 20.8 Å². The number of nitro benzene ring substituents is 1. The number of aryl methyl sites for hydroxylation is 1. The van der Waals surface area contributed by atoms with Crippen molar-refractivity contribution < 1.29 is 14.5 Å². The molecule has 0 saturated heterocycles. The molecule has 3 N–H and O–H groups in total. The highest BCUT2D eigenvalue weighted by molar-refractivity contribution is 7.17. The molecule has 168 valence electrons. The Bertz CT molecular complexity index is 1240. The van der Waals surface area contributed by atoms with Crippen molar-refractivity contribution >= 4 is 45.8 Å². The molecular formula is C21H19N7O4S. The number of nitro groups is 1. The van der Waals surface area contributed by atoms with Crippen molar-refractivity contribution in [3.8, 4) is 0 Å². The van der Waals surface area contributed by atoms with Crippen molar-refractivity contribution in [3.63, 3.8) is 0 Å². The summed E-state index contributed by atoms with van der Waals surface area (Å²) in [5.41, 5.74) is 9.54. The van der Waals surface area contributed by atoms with Gasteiger partial charge >= 0.3 is 0 Å². The molecule has 0 aliphatic rings. The minimum Gasteiger partial charge on any atom is -0.274 e. The molecule has 0 radical (unpaired) electrons.